The van der Waals surface area contributed by atoms with Crippen molar-refractivity contribution in [3.63, 3.8) is 0 Å². The Morgan fingerprint density at radius 2 is 1.90 bits per heavy atom. The lowest BCUT2D eigenvalue weighted by Gasteiger charge is -2.24. The minimum absolute atomic E-state index is 0.0693. The van der Waals surface area contributed by atoms with Crippen LogP contribution in [-0.2, 0) is 11.3 Å². The summed E-state index contributed by atoms with van der Waals surface area (Å²) in [6.45, 7) is 4.89. The molecule has 8 heteroatoms. The van der Waals surface area contributed by atoms with Crippen molar-refractivity contribution >= 4 is 35.0 Å². The molecule has 30 heavy (non-hydrogen) atoms. The van der Waals surface area contributed by atoms with E-state index in [2.05, 4.69) is 16.3 Å². The van der Waals surface area contributed by atoms with Gasteiger partial charge in [0.2, 0.25) is 5.91 Å². The number of hydrogen-bond donors (Lipinski definition) is 0. The maximum atomic E-state index is 13.2. The summed E-state index contributed by atoms with van der Waals surface area (Å²) in [6, 6.07) is 19.0. The molecule has 1 atom stereocenters. The van der Waals surface area contributed by atoms with E-state index in [0.717, 1.165) is 17.1 Å². The first-order chi connectivity index (χ1) is 14.5. The maximum absolute atomic E-state index is 13.2. The molecule has 1 aromatic heterocycles. The third-order valence-electron chi connectivity index (χ3n) is 4.55. The first-order valence-electron chi connectivity index (χ1n) is 9.64. The van der Waals surface area contributed by atoms with Crippen LogP contribution in [0.2, 0.25) is 5.02 Å². The molecule has 0 fully saturated rings. The fraction of sp³-hybridized carbons (Fsp3) is 0.273. The van der Waals surface area contributed by atoms with Gasteiger partial charge in [0.05, 0.1) is 17.7 Å². The van der Waals surface area contributed by atoms with E-state index in [4.69, 9.17) is 16.9 Å². The fourth-order valence-electron chi connectivity index (χ4n) is 3.04. The number of halogens is 1. The second-order valence-electron chi connectivity index (χ2n) is 6.55. The smallest absolute Gasteiger partial charge is 0.240 e. The number of nitrogens with zero attached hydrogens (tertiary/aromatic N) is 5. The SMILES string of the molecule is CCn1c(SC(C)C(=O)N(CCC#N)c2ccccc2)nnc1-c1ccc(Cl)cc1. The van der Waals surface area contributed by atoms with Gasteiger partial charge in [0.15, 0.2) is 11.0 Å². The Morgan fingerprint density at radius 1 is 1.20 bits per heavy atom. The summed E-state index contributed by atoms with van der Waals surface area (Å²) in [7, 11) is 0. The highest BCUT2D eigenvalue weighted by Gasteiger charge is 2.25. The summed E-state index contributed by atoms with van der Waals surface area (Å²) in [4.78, 5) is 14.9. The summed E-state index contributed by atoms with van der Waals surface area (Å²) >= 11 is 7.36. The largest absolute Gasteiger partial charge is 0.310 e. The molecule has 0 aliphatic rings. The minimum Gasteiger partial charge on any atom is -0.310 e. The maximum Gasteiger partial charge on any atom is 0.240 e. The van der Waals surface area contributed by atoms with Crippen LogP contribution in [0.3, 0.4) is 0 Å². The van der Waals surface area contributed by atoms with Gasteiger partial charge in [0, 0.05) is 29.4 Å². The number of thioether (sulfide) groups is 1. The molecule has 1 heterocycles. The second-order valence-corrected chi connectivity index (χ2v) is 8.30. The van der Waals surface area contributed by atoms with Crippen molar-refractivity contribution in [2.75, 3.05) is 11.4 Å². The number of rotatable bonds is 8. The Balaban J connectivity index is 1.82. The van der Waals surface area contributed by atoms with Crippen molar-refractivity contribution < 1.29 is 4.79 Å². The summed E-state index contributed by atoms with van der Waals surface area (Å²) in [6.07, 6.45) is 0.268. The average molecular weight is 440 g/mol. The molecule has 1 unspecified atom stereocenters. The highest BCUT2D eigenvalue weighted by Crippen LogP contribution is 2.29. The van der Waals surface area contributed by atoms with Gasteiger partial charge in [-0.2, -0.15) is 5.26 Å². The number of carbonyl (C=O) groups is 1. The molecule has 6 nitrogen and oxygen atoms in total. The van der Waals surface area contributed by atoms with E-state index in [0.29, 0.717) is 23.3 Å². The molecular weight excluding hydrogens is 418 g/mol. The van der Waals surface area contributed by atoms with Crippen molar-refractivity contribution in [2.45, 2.75) is 37.2 Å². The van der Waals surface area contributed by atoms with Gasteiger partial charge in [-0.25, -0.2) is 0 Å². The minimum atomic E-state index is -0.392. The van der Waals surface area contributed by atoms with Crippen molar-refractivity contribution in [1.29, 1.82) is 5.26 Å². The van der Waals surface area contributed by atoms with E-state index in [-0.39, 0.29) is 12.3 Å². The normalized spacial score (nSPS) is 11.7. The van der Waals surface area contributed by atoms with Gasteiger partial charge in [-0.15, -0.1) is 10.2 Å². The van der Waals surface area contributed by atoms with E-state index in [9.17, 15) is 4.79 Å². The first-order valence-corrected chi connectivity index (χ1v) is 10.9. The molecule has 3 aromatic rings. The van der Waals surface area contributed by atoms with E-state index < -0.39 is 5.25 Å². The number of hydrogen-bond acceptors (Lipinski definition) is 5. The van der Waals surface area contributed by atoms with Gasteiger partial charge in [-0.05, 0) is 50.2 Å². The Bertz CT molecular complexity index is 1030. The van der Waals surface area contributed by atoms with Crippen LogP contribution in [0.5, 0.6) is 0 Å². The lowest BCUT2D eigenvalue weighted by atomic mass is 10.2. The molecule has 0 bridgehead atoms. The van der Waals surface area contributed by atoms with Crippen molar-refractivity contribution in [1.82, 2.24) is 14.8 Å². The van der Waals surface area contributed by atoms with Crippen molar-refractivity contribution in [2.24, 2.45) is 0 Å². The highest BCUT2D eigenvalue weighted by molar-refractivity contribution is 8.00. The average Bonchev–Trinajstić information content (AvgIpc) is 3.17. The standard InChI is InChI=1S/C22H22ClN5OS/c1-3-27-20(17-10-12-18(23)13-11-17)25-26-22(27)30-16(2)21(29)28(15-7-14-24)19-8-5-4-6-9-19/h4-6,8-13,16H,3,7,15H2,1-2H3. The quantitative estimate of drug-likeness (QED) is 0.459. The molecule has 154 valence electrons. The summed E-state index contributed by atoms with van der Waals surface area (Å²) < 4.78 is 1.99. The molecule has 1 amide bonds. The third-order valence-corrected chi connectivity index (χ3v) is 5.87. The van der Waals surface area contributed by atoms with Crippen molar-refractivity contribution in [3.8, 4) is 17.5 Å². The molecule has 0 radical (unpaired) electrons. The van der Waals surface area contributed by atoms with Gasteiger partial charge in [0.1, 0.15) is 0 Å². The summed E-state index contributed by atoms with van der Waals surface area (Å²) in [5.74, 6) is 0.667. The van der Waals surface area contributed by atoms with Crippen molar-refractivity contribution in [3.05, 3.63) is 59.6 Å². The predicted octanol–water partition coefficient (Wildman–Crippen LogP) is 5.05. The Kier molecular flexibility index (Phi) is 7.50. The fourth-order valence-corrected chi connectivity index (χ4v) is 4.14. The van der Waals surface area contributed by atoms with Crippen LogP contribution in [0.4, 0.5) is 5.69 Å². The van der Waals surface area contributed by atoms with Gasteiger partial charge >= 0.3 is 0 Å². The zero-order valence-corrected chi connectivity index (χ0v) is 18.4. The number of para-hydroxylation sites is 1. The number of benzene rings is 2. The van der Waals surface area contributed by atoms with Crippen LogP contribution in [0, 0.1) is 11.3 Å². The molecular formula is C22H22ClN5OS. The molecule has 0 aliphatic carbocycles. The monoisotopic (exact) mass is 439 g/mol. The molecule has 0 N–H and O–H groups in total. The van der Waals surface area contributed by atoms with Gasteiger partial charge in [-0.1, -0.05) is 41.6 Å². The molecule has 0 saturated carbocycles. The van der Waals surface area contributed by atoms with Crippen LogP contribution in [0.15, 0.2) is 59.8 Å². The predicted molar refractivity (Wildman–Crippen MR) is 120 cm³/mol. The van der Waals surface area contributed by atoms with Crippen LogP contribution in [-0.4, -0.2) is 32.5 Å². The molecule has 3 rings (SSSR count). The topological polar surface area (TPSA) is 74.8 Å². The van der Waals surface area contributed by atoms with Crippen LogP contribution in [0.25, 0.3) is 11.4 Å². The highest BCUT2D eigenvalue weighted by atomic mass is 35.5. The van der Waals surface area contributed by atoms with Gasteiger partial charge < -0.3 is 9.47 Å². The lowest BCUT2D eigenvalue weighted by Crippen LogP contribution is -2.37. The van der Waals surface area contributed by atoms with E-state index in [1.165, 1.54) is 11.8 Å². The lowest BCUT2D eigenvalue weighted by molar-refractivity contribution is -0.117. The number of aromatic nitrogens is 3. The zero-order valence-electron chi connectivity index (χ0n) is 16.8. The van der Waals surface area contributed by atoms with E-state index >= 15 is 0 Å². The number of carbonyl (C=O) groups excluding carboxylic acids is 1. The summed E-state index contributed by atoms with van der Waals surface area (Å²) in [5, 5.41) is 18.6. The molecule has 0 aliphatic heterocycles. The Labute approximate surface area is 185 Å². The summed E-state index contributed by atoms with van der Waals surface area (Å²) in [5.41, 5.74) is 1.70. The zero-order chi connectivity index (χ0) is 21.5. The Hall–Kier alpha value is -2.82. The number of anilines is 1. The van der Waals surface area contributed by atoms with E-state index in [1.807, 2.05) is 73.0 Å². The Morgan fingerprint density at radius 3 is 2.53 bits per heavy atom. The third kappa shape index (κ3) is 5.02. The van der Waals surface area contributed by atoms with E-state index in [1.54, 1.807) is 4.90 Å². The van der Waals surface area contributed by atoms with Gasteiger partial charge in [0.25, 0.3) is 0 Å². The van der Waals surface area contributed by atoms with Crippen LogP contribution >= 0.6 is 23.4 Å². The molecule has 0 saturated heterocycles. The molecule has 2 aromatic carbocycles. The number of nitriles is 1. The van der Waals surface area contributed by atoms with Crippen LogP contribution in [0.1, 0.15) is 20.3 Å². The van der Waals surface area contributed by atoms with Crippen LogP contribution < -0.4 is 4.90 Å². The number of amides is 1. The molecule has 0 spiro atoms. The van der Waals surface area contributed by atoms with Gasteiger partial charge in [-0.3, -0.25) is 4.79 Å². The first kappa shape index (κ1) is 21.9. The second kappa shape index (κ2) is 10.3.